The number of fused-ring (bicyclic) bond motifs is 1. The van der Waals surface area contributed by atoms with E-state index in [4.69, 9.17) is 4.74 Å². The Labute approximate surface area is 150 Å². The first-order valence-electron chi connectivity index (χ1n) is 8.30. The molecule has 1 fully saturated rings. The second kappa shape index (κ2) is 5.94. The van der Waals surface area contributed by atoms with Gasteiger partial charge in [-0.05, 0) is 49.2 Å². The normalized spacial score (nSPS) is 21.5. The van der Waals surface area contributed by atoms with Crippen molar-refractivity contribution in [2.24, 2.45) is 10.3 Å². The molecule has 1 saturated heterocycles. The second-order valence-corrected chi connectivity index (χ2v) is 6.50. The number of amides is 2. The van der Waals surface area contributed by atoms with E-state index in [0.717, 1.165) is 16.8 Å². The van der Waals surface area contributed by atoms with Crippen LogP contribution in [0.15, 0.2) is 52.8 Å². The lowest BCUT2D eigenvalue weighted by molar-refractivity contribution is -0.121. The van der Waals surface area contributed by atoms with Gasteiger partial charge in [0.05, 0.1) is 18.5 Å². The SMILES string of the molecule is COc1cccc(N2C(=O)[C@H]3N=NN(c4cc(C)cc(C)c4)[C@@H]3C2=O)c1. The predicted molar refractivity (Wildman–Crippen MR) is 96.3 cm³/mol. The number of aryl methyl sites for hydroxylation is 2. The molecule has 0 bridgehead atoms. The number of rotatable bonds is 3. The molecular formula is C19H18N4O3. The Kier molecular flexibility index (Phi) is 3.72. The fourth-order valence-corrected chi connectivity index (χ4v) is 3.46. The average molecular weight is 350 g/mol. The molecule has 2 aromatic carbocycles. The van der Waals surface area contributed by atoms with E-state index in [1.807, 2.05) is 32.0 Å². The lowest BCUT2D eigenvalue weighted by atomic mass is 10.1. The van der Waals surface area contributed by atoms with Crippen LogP contribution in [0.1, 0.15) is 11.1 Å². The van der Waals surface area contributed by atoms with Crippen LogP contribution < -0.4 is 14.6 Å². The van der Waals surface area contributed by atoms with Crippen molar-refractivity contribution in [3.05, 3.63) is 53.6 Å². The largest absolute Gasteiger partial charge is 0.497 e. The van der Waals surface area contributed by atoms with Crippen LogP contribution in [0.3, 0.4) is 0 Å². The Bertz CT molecular complexity index is 920. The maximum Gasteiger partial charge on any atom is 0.263 e. The Hall–Kier alpha value is -3.22. The van der Waals surface area contributed by atoms with Crippen LogP contribution >= 0.6 is 0 Å². The monoisotopic (exact) mass is 350 g/mol. The van der Waals surface area contributed by atoms with Crippen LogP contribution in [0.25, 0.3) is 0 Å². The Morgan fingerprint density at radius 3 is 2.38 bits per heavy atom. The summed E-state index contributed by atoms with van der Waals surface area (Å²) >= 11 is 0. The number of anilines is 2. The van der Waals surface area contributed by atoms with Gasteiger partial charge in [0.25, 0.3) is 11.8 Å². The number of hydrogen-bond donors (Lipinski definition) is 0. The Morgan fingerprint density at radius 1 is 0.962 bits per heavy atom. The lowest BCUT2D eigenvalue weighted by Crippen LogP contribution is -2.40. The summed E-state index contributed by atoms with van der Waals surface area (Å²) in [7, 11) is 1.54. The van der Waals surface area contributed by atoms with E-state index in [9.17, 15) is 9.59 Å². The third-order valence-electron chi connectivity index (χ3n) is 4.56. The van der Waals surface area contributed by atoms with Crippen molar-refractivity contribution in [3.63, 3.8) is 0 Å². The van der Waals surface area contributed by atoms with Crippen molar-refractivity contribution in [2.45, 2.75) is 25.9 Å². The number of nitrogens with zero attached hydrogens (tertiary/aromatic N) is 4. The van der Waals surface area contributed by atoms with Crippen molar-refractivity contribution in [2.75, 3.05) is 17.0 Å². The van der Waals surface area contributed by atoms with E-state index in [0.29, 0.717) is 11.4 Å². The number of benzene rings is 2. The molecule has 7 heteroatoms. The molecule has 0 saturated carbocycles. The van der Waals surface area contributed by atoms with E-state index in [1.165, 1.54) is 12.0 Å². The van der Waals surface area contributed by atoms with Crippen LogP contribution in [0.2, 0.25) is 0 Å². The molecule has 2 aliphatic heterocycles. The smallest absolute Gasteiger partial charge is 0.263 e. The van der Waals surface area contributed by atoms with Crippen LogP contribution in [0.4, 0.5) is 11.4 Å². The van der Waals surface area contributed by atoms with Gasteiger partial charge in [-0.3, -0.25) is 9.59 Å². The highest BCUT2D eigenvalue weighted by molar-refractivity contribution is 6.26. The van der Waals surface area contributed by atoms with Gasteiger partial charge in [-0.25, -0.2) is 9.91 Å². The molecule has 2 atom stereocenters. The second-order valence-electron chi connectivity index (χ2n) is 6.50. The number of hydrogen-bond acceptors (Lipinski definition) is 6. The third-order valence-corrected chi connectivity index (χ3v) is 4.56. The standard InChI is InChI=1S/C19H18N4O3/c1-11-7-12(2)9-14(8-11)23-17-16(20-21-23)18(24)22(19(17)25)13-5-4-6-15(10-13)26-3/h4-10,16-17H,1-3H3/t16-,17-/m0/s1. The molecule has 2 aromatic rings. The predicted octanol–water partition coefficient (Wildman–Crippen LogP) is 2.81. The van der Waals surface area contributed by atoms with Gasteiger partial charge in [-0.2, -0.15) is 5.11 Å². The topological polar surface area (TPSA) is 74.6 Å². The van der Waals surface area contributed by atoms with Gasteiger partial charge in [0.15, 0.2) is 12.1 Å². The van der Waals surface area contributed by atoms with Crippen LogP contribution in [-0.2, 0) is 9.59 Å². The van der Waals surface area contributed by atoms with E-state index in [2.05, 4.69) is 10.3 Å². The van der Waals surface area contributed by atoms with E-state index < -0.39 is 12.1 Å². The highest BCUT2D eigenvalue weighted by Crippen LogP contribution is 2.36. The van der Waals surface area contributed by atoms with Gasteiger partial charge in [-0.1, -0.05) is 17.4 Å². The Morgan fingerprint density at radius 2 is 1.69 bits per heavy atom. The number of ether oxygens (including phenoxy) is 1. The van der Waals surface area contributed by atoms with Crippen LogP contribution in [-0.4, -0.2) is 31.0 Å². The molecule has 2 aliphatic rings. The lowest BCUT2D eigenvalue weighted by Gasteiger charge is -2.21. The van der Waals surface area contributed by atoms with Gasteiger partial charge in [0, 0.05) is 6.07 Å². The molecule has 26 heavy (non-hydrogen) atoms. The maximum absolute atomic E-state index is 13.1. The summed E-state index contributed by atoms with van der Waals surface area (Å²) in [6.45, 7) is 3.96. The fraction of sp³-hybridized carbons (Fsp3) is 0.263. The van der Waals surface area contributed by atoms with Crippen molar-refractivity contribution >= 4 is 23.2 Å². The fourth-order valence-electron chi connectivity index (χ4n) is 3.46. The molecule has 0 aliphatic carbocycles. The molecule has 4 rings (SSSR count). The molecule has 7 nitrogen and oxygen atoms in total. The van der Waals surface area contributed by atoms with E-state index >= 15 is 0 Å². The van der Waals surface area contributed by atoms with Crippen molar-refractivity contribution < 1.29 is 14.3 Å². The summed E-state index contributed by atoms with van der Waals surface area (Å²) in [6, 6.07) is 11.2. The zero-order valence-electron chi connectivity index (χ0n) is 14.7. The first kappa shape index (κ1) is 16.3. The van der Waals surface area contributed by atoms with Crippen molar-refractivity contribution in [1.82, 2.24) is 0 Å². The highest BCUT2D eigenvalue weighted by atomic mass is 16.5. The summed E-state index contributed by atoms with van der Waals surface area (Å²) in [5.74, 6) is -0.130. The van der Waals surface area contributed by atoms with E-state index in [-0.39, 0.29) is 11.8 Å². The zero-order chi connectivity index (χ0) is 18.4. The van der Waals surface area contributed by atoms with Gasteiger partial charge < -0.3 is 4.74 Å². The summed E-state index contributed by atoms with van der Waals surface area (Å²) in [4.78, 5) is 27.0. The molecule has 0 aromatic heterocycles. The number of imide groups is 1. The third kappa shape index (κ3) is 2.44. The molecule has 0 N–H and O–H groups in total. The zero-order valence-corrected chi connectivity index (χ0v) is 14.7. The molecule has 2 amide bonds. The summed E-state index contributed by atoms with van der Waals surface area (Å²) in [5, 5.41) is 9.72. The number of carbonyl (C=O) groups is 2. The van der Waals surface area contributed by atoms with E-state index in [1.54, 1.807) is 29.3 Å². The van der Waals surface area contributed by atoms with Gasteiger partial charge in [0.1, 0.15) is 5.75 Å². The highest BCUT2D eigenvalue weighted by Gasteiger charge is 2.55. The van der Waals surface area contributed by atoms with Crippen molar-refractivity contribution in [3.8, 4) is 5.75 Å². The molecule has 0 radical (unpaired) electrons. The van der Waals surface area contributed by atoms with Gasteiger partial charge in [-0.15, -0.1) is 0 Å². The van der Waals surface area contributed by atoms with Crippen LogP contribution in [0.5, 0.6) is 5.75 Å². The first-order valence-corrected chi connectivity index (χ1v) is 8.30. The molecular weight excluding hydrogens is 332 g/mol. The number of carbonyl (C=O) groups excluding carboxylic acids is 2. The molecule has 0 spiro atoms. The maximum atomic E-state index is 13.1. The molecule has 132 valence electrons. The van der Waals surface area contributed by atoms with Gasteiger partial charge in [0.2, 0.25) is 0 Å². The summed E-state index contributed by atoms with van der Waals surface area (Å²) in [5.41, 5.74) is 3.34. The Balaban J connectivity index is 1.71. The van der Waals surface area contributed by atoms with Gasteiger partial charge >= 0.3 is 0 Å². The average Bonchev–Trinajstić information content (AvgIpc) is 3.15. The minimum Gasteiger partial charge on any atom is -0.497 e. The first-order chi connectivity index (χ1) is 12.5. The number of methoxy groups -OCH3 is 1. The van der Waals surface area contributed by atoms with Crippen molar-refractivity contribution in [1.29, 1.82) is 0 Å². The summed E-state index contributed by atoms with van der Waals surface area (Å²) < 4.78 is 5.19. The molecule has 2 heterocycles. The summed E-state index contributed by atoms with van der Waals surface area (Å²) in [6.07, 6.45) is 0. The minimum absolute atomic E-state index is 0.336. The quantitative estimate of drug-likeness (QED) is 0.798. The van der Waals surface area contributed by atoms with Crippen LogP contribution in [0, 0.1) is 13.8 Å². The molecule has 0 unspecified atom stereocenters. The minimum atomic E-state index is -0.825.